The fraction of sp³-hybridized carbons (Fsp3) is 0.600. The lowest BCUT2D eigenvalue weighted by Gasteiger charge is -2.21. The average Bonchev–Trinajstić information content (AvgIpc) is 2.11. The quantitative estimate of drug-likeness (QED) is 0.479. The van der Waals surface area contributed by atoms with Crippen molar-refractivity contribution < 1.29 is 0 Å². The second-order valence-corrected chi connectivity index (χ2v) is 3.99. The monoisotopic (exact) mass is 136 g/mol. The van der Waals surface area contributed by atoms with E-state index in [2.05, 4.69) is 39.8 Å². The topological polar surface area (TPSA) is 0 Å². The van der Waals surface area contributed by atoms with E-state index in [1.54, 1.807) is 0 Å². The smallest absolute Gasteiger partial charge is 0.0132 e. The molecule has 0 aromatic carbocycles. The molecule has 0 heteroatoms. The first-order valence-corrected chi connectivity index (χ1v) is 3.89. The fourth-order valence-corrected chi connectivity index (χ4v) is 1.52. The van der Waals surface area contributed by atoms with Gasteiger partial charge >= 0.3 is 0 Å². The molecule has 1 aliphatic rings. The van der Waals surface area contributed by atoms with E-state index in [0.29, 0.717) is 5.41 Å². The Labute approximate surface area is 63.6 Å². The molecule has 0 unspecified atom stereocenters. The van der Waals surface area contributed by atoms with Crippen molar-refractivity contribution in [3.05, 3.63) is 23.3 Å². The SMILES string of the molecule is CC1=CCC=C1C(C)(C)C. The van der Waals surface area contributed by atoms with Gasteiger partial charge in [0, 0.05) is 0 Å². The molecular weight excluding hydrogens is 120 g/mol. The zero-order valence-corrected chi connectivity index (χ0v) is 7.36. The highest BCUT2D eigenvalue weighted by atomic mass is 14.2. The van der Waals surface area contributed by atoms with Gasteiger partial charge in [0.1, 0.15) is 0 Å². The predicted molar refractivity (Wildman–Crippen MR) is 45.9 cm³/mol. The van der Waals surface area contributed by atoms with Crippen LogP contribution in [0.2, 0.25) is 0 Å². The summed E-state index contributed by atoms with van der Waals surface area (Å²) in [7, 11) is 0. The Hall–Kier alpha value is -0.520. The summed E-state index contributed by atoms with van der Waals surface area (Å²) in [5.74, 6) is 0. The maximum absolute atomic E-state index is 2.33. The molecule has 0 nitrogen and oxygen atoms in total. The Morgan fingerprint density at radius 3 is 2.00 bits per heavy atom. The Kier molecular flexibility index (Phi) is 1.72. The van der Waals surface area contributed by atoms with Gasteiger partial charge in [-0.2, -0.15) is 0 Å². The van der Waals surface area contributed by atoms with Crippen LogP contribution in [0.5, 0.6) is 0 Å². The molecule has 0 fully saturated rings. The van der Waals surface area contributed by atoms with E-state index < -0.39 is 0 Å². The third-order valence-electron chi connectivity index (χ3n) is 1.98. The van der Waals surface area contributed by atoms with Gasteiger partial charge in [-0.15, -0.1) is 0 Å². The minimum Gasteiger partial charge on any atom is -0.0775 e. The Bertz CT molecular complexity index is 187. The fourth-order valence-electron chi connectivity index (χ4n) is 1.52. The molecule has 10 heavy (non-hydrogen) atoms. The van der Waals surface area contributed by atoms with Gasteiger partial charge in [0.25, 0.3) is 0 Å². The van der Waals surface area contributed by atoms with E-state index in [4.69, 9.17) is 0 Å². The van der Waals surface area contributed by atoms with Crippen LogP contribution in [-0.4, -0.2) is 0 Å². The molecule has 1 rings (SSSR count). The maximum atomic E-state index is 2.33. The number of hydrogen-bond donors (Lipinski definition) is 0. The van der Waals surface area contributed by atoms with Crippen molar-refractivity contribution in [1.82, 2.24) is 0 Å². The largest absolute Gasteiger partial charge is 0.0775 e. The Morgan fingerprint density at radius 2 is 1.80 bits per heavy atom. The van der Waals surface area contributed by atoms with Crippen molar-refractivity contribution in [3.63, 3.8) is 0 Å². The van der Waals surface area contributed by atoms with E-state index in [9.17, 15) is 0 Å². The predicted octanol–water partition coefficient (Wildman–Crippen LogP) is 3.31. The first kappa shape index (κ1) is 7.59. The molecule has 0 spiro atoms. The Balaban J connectivity index is 2.85. The molecule has 0 aliphatic heterocycles. The molecule has 56 valence electrons. The summed E-state index contributed by atoms with van der Waals surface area (Å²) in [6, 6.07) is 0. The van der Waals surface area contributed by atoms with Crippen LogP contribution in [0.3, 0.4) is 0 Å². The third kappa shape index (κ3) is 1.31. The second kappa shape index (κ2) is 2.26. The van der Waals surface area contributed by atoms with Gasteiger partial charge in [-0.3, -0.25) is 0 Å². The lowest BCUT2D eigenvalue weighted by atomic mass is 9.84. The normalized spacial score (nSPS) is 18.8. The van der Waals surface area contributed by atoms with E-state index in [0.717, 1.165) is 6.42 Å². The highest BCUT2D eigenvalue weighted by Gasteiger charge is 2.19. The minimum atomic E-state index is 0.344. The zero-order chi connectivity index (χ0) is 7.78. The zero-order valence-electron chi connectivity index (χ0n) is 7.36. The van der Waals surface area contributed by atoms with Crippen LogP contribution >= 0.6 is 0 Å². The molecule has 0 saturated heterocycles. The number of hydrogen-bond acceptors (Lipinski definition) is 0. The van der Waals surface area contributed by atoms with Gasteiger partial charge in [0.2, 0.25) is 0 Å². The number of allylic oxidation sites excluding steroid dienone is 4. The first-order chi connectivity index (χ1) is 4.52. The summed E-state index contributed by atoms with van der Waals surface area (Å²) in [6.07, 6.45) is 5.76. The van der Waals surface area contributed by atoms with Gasteiger partial charge in [0.05, 0.1) is 0 Å². The standard InChI is InChI=1S/C10H16/c1-8-6-5-7-9(8)10(2,3)4/h6-7H,5H2,1-4H3. The average molecular weight is 136 g/mol. The molecule has 0 amide bonds. The van der Waals surface area contributed by atoms with Gasteiger partial charge in [-0.05, 0) is 24.3 Å². The summed E-state index contributed by atoms with van der Waals surface area (Å²) in [5, 5.41) is 0. The lowest BCUT2D eigenvalue weighted by Crippen LogP contribution is -2.08. The second-order valence-electron chi connectivity index (χ2n) is 3.99. The highest BCUT2D eigenvalue weighted by Crippen LogP contribution is 2.34. The summed E-state index contributed by atoms with van der Waals surface area (Å²) >= 11 is 0. The molecule has 0 bridgehead atoms. The van der Waals surface area contributed by atoms with E-state index in [-0.39, 0.29) is 0 Å². The summed E-state index contributed by atoms with van der Waals surface area (Å²) in [6.45, 7) is 8.99. The van der Waals surface area contributed by atoms with E-state index in [1.165, 1.54) is 11.1 Å². The number of rotatable bonds is 0. The lowest BCUT2D eigenvalue weighted by molar-refractivity contribution is 0.511. The summed E-state index contributed by atoms with van der Waals surface area (Å²) in [4.78, 5) is 0. The molecule has 0 saturated carbocycles. The van der Waals surface area contributed by atoms with Crippen LogP contribution in [0.1, 0.15) is 34.1 Å². The van der Waals surface area contributed by atoms with Crippen molar-refractivity contribution >= 4 is 0 Å². The van der Waals surface area contributed by atoms with Crippen molar-refractivity contribution in [2.24, 2.45) is 5.41 Å². The maximum Gasteiger partial charge on any atom is -0.0132 e. The molecule has 0 atom stereocenters. The van der Waals surface area contributed by atoms with Crippen LogP contribution in [0.15, 0.2) is 23.3 Å². The van der Waals surface area contributed by atoms with Crippen LogP contribution in [0, 0.1) is 5.41 Å². The van der Waals surface area contributed by atoms with Gasteiger partial charge < -0.3 is 0 Å². The Morgan fingerprint density at radius 1 is 1.20 bits per heavy atom. The molecule has 1 aliphatic carbocycles. The van der Waals surface area contributed by atoms with Crippen LogP contribution in [-0.2, 0) is 0 Å². The van der Waals surface area contributed by atoms with Gasteiger partial charge in [-0.1, -0.05) is 38.5 Å². The molecule has 0 N–H and O–H groups in total. The molecule has 0 radical (unpaired) electrons. The van der Waals surface area contributed by atoms with Crippen molar-refractivity contribution in [1.29, 1.82) is 0 Å². The third-order valence-corrected chi connectivity index (χ3v) is 1.98. The molecule has 0 aromatic heterocycles. The van der Waals surface area contributed by atoms with Crippen molar-refractivity contribution in [2.45, 2.75) is 34.1 Å². The molecule has 0 heterocycles. The van der Waals surface area contributed by atoms with Gasteiger partial charge in [-0.25, -0.2) is 0 Å². The molecular formula is C10H16. The minimum absolute atomic E-state index is 0.344. The summed E-state index contributed by atoms with van der Waals surface area (Å²) < 4.78 is 0. The van der Waals surface area contributed by atoms with E-state index in [1.807, 2.05) is 0 Å². The highest BCUT2D eigenvalue weighted by molar-refractivity contribution is 5.38. The van der Waals surface area contributed by atoms with Crippen LogP contribution < -0.4 is 0 Å². The van der Waals surface area contributed by atoms with Crippen LogP contribution in [0.25, 0.3) is 0 Å². The van der Waals surface area contributed by atoms with E-state index >= 15 is 0 Å². The first-order valence-electron chi connectivity index (χ1n) is 3.89. The van der Waals surface area contributed by atoms with Gasteiger partial charge in [0.15, 0.2) is 0 Å². The van der Waals surface area contributed by atoms with Crippen LogP contribution in [0.4, 0.5) is 0 Å². The molecule has 0 aromatic rings. The van der Waals surface area contributed by atoms with Crippen molar-refractivity contribution in [3.8, 4) is 0 Å². The van der Waals surface area contributed by atoms with Crippen molar-refractivity contribution in [2.75, 3.05) is 0 Å². The summed E-state index contributed by atoms with van der Waals surface area (Å²) in [5.41, 5.74) is 3.33.